The van der Waals surface area contributed by atoms with Crippen molar-refractivity contribution >= 4 is 5.69 Å². The van der Waals surface area contributed by atoms with Crippen molar-refractivity contribution in [1.29, 1.82) is 0 Å². The summed E-state index contributed by atoms with van der Waals surface area (Å²) in [5.74, 6) is 0.628. The number of rotatable bonds is 7. The molecule has 0 heterocycles. The monoisotopic (exact) mass is 268 g/mol. The fourth-order valence-electron chi connectivity index (χ4n) is 2.17. The number of anilines is 1. The van der Waals surface area contributed by atoms with Crippen LogP contribution >= 0.6 is 0 Å². The Hall–Kier alpha value is -1.80. The molecule has 106 valence electrons. The Morgan fingerprint density at radius 3 is 2.15 bits per heavy atom. The molecule has 0 spiro atoms. The summed E-state index contributed by atoms with van der Waals surface area (Å²) in [6.07, 6.45) is 0. The van der Waals surface area contributed by atoms with Crippen LogP contribution in [-0.4, -0.2) is 19.6 Å². The first-order valence-corrected chi connectivity index (χ1v) is 7.39. The quantitative estimate of drug-likeness (QED) is 0.793. The molecule has 0 radical (unpaired) electrons. The van der Waals surface area contributed by atoms with Gasteiger partial charge in [0.1, 0.15) is 0 Å². The van der Waals surface area contributed by atoms with Gasteiger partial charge >= 0.3 is 0 Å². The van der Waals surface area contributed by atoms with E-state index in [1.165, 1.54) is 16.8 Å². The Labute approximate surface area is 122 Å². The van der Waals surface area contributed by atoms with Crippen molar-refractivity contribution in [2.24, 2.45) is 5.92 Å². The highest BCUT2D eigenvalue weighted by Gasteiger charge is 2.01. The first-order valence-electron chi connectivity index (χ1n) is 7.39. The molecule has 20 heavy (non-hydrogen) atoms. The average molecular weight is 268 g/mol. The molecule has 2 nitrogen and oxygen atoms in total. The minimum Gasteiger partial charge on any atom is -0.385 e. The first kappa shape index (κ1) is 14.6. The van der Waals surface area contributed by atoms with Crippen LogP contribution in [0.25, 0.3) is 11.1 Å². The summed E-state index contributed by atoms with van der Waals surface area (Å²) in [7, 11) is 0. The molecule has 2 aromatic rings. The van der Waals surface area contributed by atoms with E-state index in [-0.39, 0.29) is 0 Å². The minimum absolute atomic E-state index is 0.628. The topological polar surface area (TPSA) is 24.1 Å². The summed E-state index contributed by atoms with van der Waals surface area (Å²) in [5.41, 5.74) is 3.71. The summed E-state index contributed by atoms with van der Waals surface area (Å²) in [6, 6.07) is 19.1. The van der Waals surface area contributed by atoms with Crippen LogP contribution in [0.3, 0.4) is 0 Å². The second-order valence-electron chi connectivity index (χ2n) is 5.24. The van der Waals surface area contributed by atoms with E-state index in [9.17, 15) is 0 Å². The molecule has 0 fully saturated rings. The summed E-state index contributed by atoms with van der Waals surface area (Å²) in [6.45, 7) is 7.50. The molecule has 0 aliphatic heterocycles. The lowest BCUT2D eigenvalue weighted by atomic mass is 10.1. The highest BCUT2D eigenvalue weighted by atomic mass is 14.9. The van der Waals surface area contributed by atoms with Crippen LogP contribution in [0.15, 0.2) is 54.6 Å². The van der Waals surface area contributed by atoms with E-state index in [2.05, 4.69) is 73.0 Å². The fourth-order valence-corrected chi connectivity index (χ4v) is 2.17. The van der Waals surface area contributed by atoms with Crippen LogP contribution in [0.1, 0.15) is 13.8 Å². The van der Waals surface area contributed by atoms with Gasteiger partial charge in [-0.15, -0.1) is 0 Å². The van der Waals surface area contributed by atoms with Crippen molar-refractivity contribution in [2.75, 3.05) is 25.0 Å². The van der Waals surface area contributed by atoms with E-state index in [0.717, 1.165) is 19.6 Å². The van der Waals surface area contributed by atoms with Crippen LogP contribution in [0.5, 0.6) is 0 Å². The third-order valence-corrected chi connectivity index (χ3v) is 3.39. The Balaban J connectivity index is 1.89. The molecule has 0 aromatic heterocycles. The third kappa shape index (κ3) is 4.39. The Morgan fingerprint density at radius 1 is 0.850 bits per heavy atom. The van der Waals surface area contributed by atoms with Crippen LogP contribution in [0.2, 0.25) is 0 Å². The third-order valence-electron chi connectivity index (χ3n) is 3.39. The largest absolute Gasteiger partial charge is 0.385 e. The molecule has 0 saturated carbocycles. The molecule has 2 aromatic carbocycles. The van der Waals surface area contributed by atoms with Gasteiger partial charge in [-0.05, 0) is 42.3 Å². The predicted octanol–water partition coefficient (Wildman–Crippen LogP) is 4.01. The molecule has 1 atom stereocenters. The maximum Gasteiger partial charge on any atom is 0.0340 e. The molecular weight excluding hydrogens is 244 g/mol. The molecule has 2 heteroatoms. The first-order chi connectivity index (χ1) is 9.79. The van der Waals surface area contributed by atoms with Crippen molar-refractivity contribution in [2.45, 2.75) is 13.8 Å². The van der Waals surface area contributed by atoms with E-state index >= 15 is 0 Å². The van der Waals surface area contributed by atoms with Gasteiger partial charge in [-0.25, -0.2) is 0 Å². The number of nitrogens with one attached hydrogen (secondary N) is 2. The Morgan fingerprint density at radius 2 is 1.50 bits per heavy atom. The van der Waals surface area contributed by atoms with E-state index in [4.69, 9.17) is 0 Å². The maximum atomic E-state index is 3.49. The van der Waals surface area contributed by atoms with Gasteiger partial charge in [-0.1, -0.05) is 56.3 Å². The predicted molar refractivity (Wildman–Crippen MR) is 88.1 cm³/mol. The highest BCUT2D eigenvalue weighted by Crippen LogP contribution is 2.21. The fraction of sp³-hybridized carbons (Fsp3) is 0.333. The minimum atomic E-state index is 0.628. The molecule has 0 aliphatic carbocycles. The highest BCUT2D eigenvalue weighted by molar-refractivity contribution is 5.65. The molecule has 0 amide bonds. The van der Waals surface area contributed by atoms with Gasteiger partial charge in [0, 0.05) is 12.2 Å². The van der Waals surface area contributed by atoms with E-state index in [0.29, 0.717) is 5.92 Å². The van der Waals surface area contributed by atoms with Crippen molar-refractivity contribution in [3.8, 4) is 11.1 Å². The Bertz CT molecular complexity index is 491. The normalized spacial score (nSPS) is 12.1. The van der Waals surface area contributed by atoms with Crippen LogP contribution < -0.4 is 10.6 Å². The van der Waals surface area contributed by atoms with E-state index < -0.39 is 0 Å². The van der Waals surface area contributed by atoms with Crippen molar-refractivity contribution in [3.63, 3.8) is 0 Å². The zero-order valence-electron chi connectivity index (χ0n) is 12.4. The van der Waals surface area contributed by atoms with Gasteiger partial charge in [0.05, 0.1) is 0 Å². The zero-order chi connectivity index (χ0) is 14.2. The zero-order valence-corrected chi connectivity index (χ0v) is 12.4. The SMILES string of the molecule is CCNCC(C)CNc1ccc(-c2ccccc2)cc1. The van der Waals surface area contributed by atoms with Gasteiger partial charge < -0.3 is 10.6 Å². The van der Waals surface area contributed by atoms with E-state index in [1.807, 2.05) is 6.07 Å². The lowest BCUT2D eigenvalue weighted by Crippen LogP contribution is -2.25. The molecule has 0 aliphatic rings. The lowest BCUT2D eigenvalue weighted by molar-refractivity contribution is 0.545. The van der Waals surface area contributed by atoms with Gasteiger partial charge in [0.25, 0.3) is 0 Å². The summed E-state index contributed by atoms with van der Waals surface area (Å²) < 4.78 is 0. The molecule has 0 bridgehead atoms. The van der Waals surface area contributed by atoms with Gasteiger partial charge in [0.15, 0.2) is 0 Å². The van der Waals surface area contributed by atoms with Gasteiger partial charge in [-0.2, -0.15) is 0 Å². The molecular formula is C18H24N2. The summed E-state index contributed by atoms with van der Waals surface area (Å²) in [4.78, 5) is 0. The number of hydrogen-bond donors (Lipinski definition) is 2. The summed E-state index contributed by atoms with van der Waals surface area (Å²) in [5, 5.41) is 6.87. The second kappa shape index (κ2) is 7.71. The van der Waals surface area contributed by atoms with Crippen molar-refractivity contribution in [1.82, 2.24) is 5.32 Å². The average Bonchev–Trinajstić information content (AvgIpc) is 2.52. The number of hydrogen-bond acceptors (Lipinski definition) is 2. The van der Waals surface area contributed by atoms with Crippen LogP contribution in [0, 0.1) is 5.92 Å². The molecule has 2 rings (SSSR count). The van der Waals surface area contributed by atoms with Crippen molar-refractivity contribution < 1.29 is 0 Å². The van der Waals surface area contributed by atoms with Gasteiger partial charge in [0.2, 0.25) is 0 Å². The standard InChI is InChI=1S/C18H24N2/c1-3-19-13-15(2)14-20-18-11-9-17(10-12-18)16-7-5-4-6-8-16/h4-12,15,19-20H,3,13-14H2,1-2H3. The summed E-state index contributed by atoms with van der Waals surface area (Å²) >= 11 is 0. The lowest BCUT2D eigenvalue weighted by Gasteiger charge is -2.14. The maximum absolute atomic E-state index is 3.49. The van der Waals surface area contributed by atoms with Crippen LogP contribution in [-0.2, 0) is 0 Å². The molecule has 0 saturated heterocycles. The smallest absolute Gasteiger partial charge is 0.0340 e. The molecule has 1 unspecified atom stereocenters. The second-order valence-corrected chi connectivity index (χ2v) is 5.24. The van der Waals surface area contributed by atoms with Gasteiger partial charge in [-0.3, -0.25) is 0 Å². The number of benzene rings is 2. The Kier molecular flexibility index (Phi) is 5.63. The van der Waals surface area contributed by atoms with Crippen molar-refractivity contribution in [3.05, 3.63) is 54.6 Å². The van der Waals surface area contributed by atoms with E-state index in [1.54, 1.807) is 0 Å². The van der Waals surface area contributed by atoms with Crippen LogP contribution in [0.4, 0.5) is 5.69 Å². The molecule has 2 N–H and O–H groups in total.